The second kappa shape index (κ2) is 9.52. The van der Waals surface area contributed by atoms with Crippen molar-refractivity contribution in [1.29, 1.82) is 0 Å². The molecule has 0 atom stereocenters. The van der Waals surface area contributed by atoms with Gasteiger partial charge < -0.3 is 10.1 Å². The van der Waals surface area contributed by atoms with Gasteiger partial charge in [0.2, 0.25) is 5.95 Å². The fraction of sp³-hybridized carbons (Fsp3) is 0.160. The van der Waals surface area contributed by atoms with Crippen LogP contribution in [-0.2, 0) is 14.8 Å². The maximum absolute atomic E-state index is 13.4. The van der Waals surface area contributed by atoms with Gasteiger partial charge in [0.25, 0.3) is 10.0 Å². The molecule has 0 saturated carbocycles. The molecule has 0 saturated heterocycles. The molecule has 1 N–H and O–H groups in total. The number of anilines is 2. The van der Waals surface area contributed by atoms with E-state index in [9.17, 15) is 13.2 Å². The van der Waals surface area contributed by atoms with Crippen LogP contribution in [0.3, 0.4) is 0 Å². The number of ether oxygens (including phenoxy) is 1. The SMILES string of the molecule is COC(=O)c1cc(-c2nc(Nc3ccc(Cl)cc3C)ncc2C)cn1S(=O)(=O)c1ccc(C)cc1. The average molecular weight is 511 g/mol. The number of nitrogens with one attached hydrogen (secondary N) is 1. The number of aryl methyl sites for hydroxylation is 3. The first-order chi connectivity index (χ1) is 16.6. The van der Waals surface area contributed by atoms with Crippen molar-refractivity contribution in [3.8, 4) is 11.3 Å². The summed E-state index contributed by atoms with van der Waals surface area (Å²) in [5.41, 5.74) is 4.06. The number of carbonyl (C=O) groups is 1. The van der Waals surface area contributed by atoms with Gasteiger partial charge in [-0.2, -0.15) is 0 Å². The molecule has 0 radical (unpaired) electrons. The van der Waals surface area contributed by atoms with Crippen LogP contribution in [0.4, 0.5) is 11.6 Å². The fourth-order valence-electron chi connectivity index (χ4n) is 3.53. The summed E-state index contributed by atoms with van der Waals surface area (Å²) < 4.78 is 32.6. The molecule has 0 amide bonds. The van der Waals surface area contributed by atoms with Crippen LogP contribution in [0.5, 0.6) is 0 Å². The van der Waals surface area contributed by atoms with Gasteiger partial charge in [0.1, 0.15) is 5.69 Å². The van der Waals surface area contributed by atoms with Crippen molar-refractivity contribution in [3.63, 3.8) is 0 Å². The minimum atomic E-state index is -4.07. The second-order valence-corrected chi connectivity index (χ2v) is 10.3. The zero-order valence-corrected chi connectivity index (χ0v) is 21.1. The van der Waals surface area contributed by atoms with Gasteiger partial charge in [-0.15, -0.1) is 0 Å². The van der Waals surface area contributed by atoms with Crippen LogP contribution in [0.15, 0.2) is 65.8 Å². The van der Waals surface area contributed by atoms with E-state index in [0.717, 1.165) is 20.8 Å². The smallest absolute Gasteiger partial charge is 0.355 e. The number of esters is 1. The lowest BCUT2D eigenvalue weighted by atomic mass is 10.1. The van der Waals surface area contributed by atoms with Crippen LogP contribution < -0.4 is 5.32 Å². The summed E-state index contributed by atoms with van der Waals surface area (Å²) in [6.45, 7) is 5.57. The van der Waals surface area contributed by atoms with E-state index < -0.39 is 16.0 Å². The monoisotopic (exact) mass is 510 g/mol. The van der Waals surface area contributed by atoms with Crippen molar-refractivity contribution in [2.24, 2.45) is 0 Å². The van der Waals surface area contributed by atoms with Crippen molar-refractivity contribution in [3.05, 3.63) is 88.3 Å². The highest BCUT2D eigenvalue weighted by atomic mass is 35.5. The second-order valence-electron chi connectivity index (χ2n) is 8.03. The standard InChI is InChI=1S/C25H23ClN4O4S/c1-15-5-8-20(9-6-15)35(32,33)30-14-18(12-22(30)24(31)34-4)23-17(3)13-27-25(29-23)28-21-10-7-19(26)11-16(21)2/h5-14H,1-4H3,(H,27,28,29). The lowest BCUT2D eigenvalue weighted by Crippen LogP contribution is -2.18. The predicted octanol–water partition coefficient (Wildman–Crippen LogP) is 5.29. The van der Waals surface area contributed by atoms with E-state index in [4.69, 9.17) is 16.3 Å². The van der Waals surface area contributed by atoms with Gasteiger partial charge >= 0.3 is 5.97 Å². The molecule has 180 valence electrons. The molecule has 0 aliphatic rings. The summed E-state index contributed by atoms with van der Waals surface area (Å²) in [6.07, 6.45) is 2.99. The number of rotatable bonds is 6. The van der Waals surface area contributed by atoms with E-state index in [1.54, 1.807) is 31.3 Å². The van der Waals surface area contributed by atoms with Crippen LogP contribution >= 0.6 is 11.6 Å². The Balaban J connectivity index is 1.80. The van der Waals surface area contributed by atoms with Gasteiger partial charge in [0.05, 0.1) is 17.7 Å². The molecule has 0 aliphatic carbocycles. The maximum atomic E-state index is 13.4. The number of aromatic nitrogens is 3. The topological polar surface area (TPSA) is 103 Å². The highest BCUT2D eigenvalue weighted by Gasteiger charge is 2.26. The summed E-state index contributed by atoms with van der Waals surface area (Å²) >= 11 is 6.04. The largest absolute Gasteiger partial charge is 0.464 e. The van der Waals surface area contributed by atoms with Gasteiger partial charge in [-0.05, 0) is 68.3 Å². The van der Waals surface area contributed by atoms with E-state index in [1.165, 1.54) is 31.5 Å². The van der Waals surface area contributed by atoms with Crippen LogP contribution in [-0.4, -0.2) is 35.4 Å². The third-order valence-corrected chi connectivity index (χ3v) is 7.36. The van der Waals surface area contributed by atoms with Gasteiger partial charge in [-0.1, -0.05) is 29.3 Å². The summed E-state index contributed by atoms with van der Waals surface area (Å²) in [5.74, 6) is -0.474. The van der Waals surface area contributed by atoms with E-state index in [-0.39, 0.29) is 10.6 Å². The Hall–Kier alpha value is -3.69. The van der Waals surface area contributed by atoms with Gasteiger partial charge in [0, 0.05) is 28.7 Å². The Kier molecular flexibility index (Phi) is 6.64. The molecular formula is C25H23ClN4O4S. The first kappa shape index (κ1) is 24.4. The minimum absolute atomic E-state index is 0.0513. The number of nitrogens with zero attached hydrogens (tertiary/aromatic N) is 3. The molecule has 0 unspecified atom stereocenters. The maximum Gasteiger partial charge on any atom is 0.355 e. The van der Waals surface area contributed by atoms with E-state index in [1.807, 2.05) is 26.0 Å². The molecule has 0 fully saturated rings. The Bertz CT molecular complexity index is 1530. The molecule has 0 spiro atoms. The zero-order chi connectivity index (χ0) is 25.3. The number of methoxy groups -OCH3 is 1. The molecule has 0 bridgehead atoms. The molecule has 10 heteroatoms. The van der Waals surface area contributed by atoms with Crippen LogP contribution in [0.2, 0.25) is 5.02 Å². The number of hydrogen-bond acceptors (Lipinski definition) is 7. The van der Waals surface area contributed by atoms with Crippen molar-refractivity contribution in [1.82, 2.24) is 13.9 Å². The first-order valence-corrected chi connectivity index (χ1v) is 12.4. The molecule has 35 heavy (non-hydrogen) atoms. The Morgan fingerprint density at radius 2 is 1.74 bits per heavy atom. The molecular weight excluding hydrogens is 488 g/mol. The van der Waals surface area contributed by atoms with Gasteiger partial charge in [-0.3, -0.25) is 0 Å². The third kappa shape index (κ3) is 4.91. The van der Waals surface area contributed by atoms with Crippen LogP contribution in [0.1, 0.15) is 27.2 Å². The molecule has 2 heterocycles. The summed E-state index contributed by atoms with van der Waals surface area (Å²) in [5, 5.41) is 3.77. The zero-order valence-electron chi connectivity index (χ0n) is 19.5. The van der Waals surface area contributed by atoms with Crippen LogP contribution in [0.25, 0.3) is 11.3 Å². The van der Waals surface area contributed by atoms with Crippen molar-refractivity contribution in [2.45, 2.75) is 25.7 Å². The number of hydrogen-bond donors (Lipinski definition) is 1. The molecule has 0 aliphatic heterocycles. The molecule has 2 aromatic heterocycles. The van der Waals surface area contributed by atoms with Gasteiger partial charge in [-0.25, -0.2) is 27.2 Å². The lowest BCUT2D eigenvalue weighted by Gasteiger charge is -2.11. The Morgan fingerprint density at radius 3 is 2.40 bits per heavy atom. The average Bonchev–Trinajstić information content (AvgIpc) is 3.28. The van der Waals surface area contributed by atoms with Crippen molar-refractivity contribution < 1.29 is 17.9 Å². The van der Waals surface area contributed by atoms with Crippen molar-refractivity contribution in [2.75, 3.05) is 12.4 Å². The van der Waals surface area contributed by atoms with Gasteiger partial charge in [0.15, 0.2) is 0 Å². The summed E-state index contributed by atoms with van der Waals surface area (Å²) in [7, 11) is -2.87. The quantitative estimate of drug-likeness (QED) is 0.351. The molecule has 2 aromatic carbocycles. The number of carbonyl (C=O) groups excluding carboxylic acids is 1. The predicted molar refractivity (Wildman–Crippen MR) is 135 cm³/mol. The summed E-state index contributed by atoms with van der Waals surface area (Å²) in [4.78, 5) is 21.5. The Morgan fingerprint density at radius 1 is 1.03 bits per heavy atom. The molecule has 8 nitrogen and oxygen atoms in total. The first-order valence-electron chi connectivity index (χ1n) is 10.6. The number of halogens is 1. The molecule has 4 rings (SSSR count). The van der Waals surface area contributed by atoms with Crippen LogP contribution in [0, 0.1) is 20.8 Å². The van der Waals surface area contributed by atoms with E-state index in [2.05, 4.69) is 15.3 Å². The molecule has 4 aromatic rings. The Labute approximate surface area is 208 Å². The van der Waals surface area contributed by atoms with E-state index >= 15 is 0 Å². The van der Waals surface area contributed by atoms with E-state index in [0.29, 0.717) is 27.8 Å². The lowest BCUT2D eigenvalue weighted by molar-refractivity contribution is 0.0593. The highest BCUT2D eigenvalue weighted by Crippen LogP contribution is 2.29. The fourth-order valence-corrected chi connectivity index (χ4v) is 5.10. The third-order valence-electron chi connectivity index (χ3n) is 5.44. The number of benzene rings is 2. The minimum Gasteiger partial charge on any atom is -0.464 e. The highest BCUT2D eigenvalue weighted by molar-refractivity contribution is 7.90. The normalized spacial score (nSPS) is 11.3. The van der Waals surface area contributed by atoms with Crippen molar-refractivity contribution >= 4 is 39.2 Å². The summed E-state index contributed by atoms with van der Waals surface area (Å²) in [6, 6.07) is 13.2.